The molecule has 0 spiro atoms. The van der Waals surface area contributed by atoms with Gasteiger partial charge in [0.2, 0.25) is 5.91 Å². The standard InChI is InChI=1S/C27H47NO6S/c1-17(8-11-24(31)28-13-6-14-35(32,33)34)19-9-10-20-25-21(16-23(30)27(19,20)3)26(2)12-5-4-7-18(26)15-22(25)29/h17-23,25,29-30H,4-16H2,1-3H3,(H,28,31)(H,32,33,34)/t17-,18+,19-,20+,21+,22-,23+,25+,26+,27-/m1/s1. The fraction of sp³-hybridized carbons (Fsp3) is 0.963. The molecule has 0 saturated heterocycles. The van der Waals surface area contributed by atoms with Crippen LogP contribution in [-0.4, -0.2) is 53.6 Å². The van der Waals surface area contributed by atoms with Crippen LogP contribution in [0.4, 0.5) is 0 Å². The first-order valence-corrected chi connectivity index (χ1v) is 15.6. The highest BCUT2D eigenvalue weighted by Crippen LogP contribution is 2.68. The monoisotopic (exact) mass is 513 g/mol. The van der Waals surface area contributed by atoms with Gasteiger partial charge in [-0.2, -0.15) is 8.42 Å². The maximum absolute atomic E-state index is 12.3. The number of fused-ring (bicyclic) bond motifs is 5. The molecule has 0 aromatic rings. The van der Waals surface area contributed by atoms with Crippen molar-refractivity contribution in [1.82, 2.24) is 5.32 Å². The molecule has 10 atom stereocenters. The van der Waals surface area contributed by atoms with Crippen molar-refractivity contribution in [1.29, 1.82) is 0 Å². The van der Waals surface area contributed by atoms with Crippen LogP contribution in [-0.2, 0) is 14.9 Å². The second kappa shape index (κ2) is 10.2. The van der Waals surface area contributed by atoms with E-state index in [4.69, 9.17) is 4.55 Å². The highest BCUT2D eigenvalue weighted by molar-refractivity contribution is 7.85. The second-order valence-corrected chi connectivity index (χ2v) is 14.4. The molecule has 0 radical (unpaired) electrons. The summed E-state index contributed by atoms with van der Waals surface area (Å²) in [7, 11) is -4.00. The van der Waals surface area contributed by atoms with Gasteiger partial charge in [0.1, 0.15) is 0 Å². The van der Waals surface area contributed by atoms with Crippen LogP contribution in [0.2, 0.25) is 0 Å². The van der Waals surface area contributed by atoms with Gasteiger partial charge < -0.3 is 15.5 Å². The molecule has 4 saturated carbocycles. The summed E-state index contributed by atoms with van der Waals surface area (Å²) in [5, 5.41) is 25.8. The molecule has 202 valence electrons. The predicted molar refractivity (Wildman–Crippen MR) is 135 cm³/mol. The Morgan fingerprint density at radius 1 is 1.09 bits per heavy atom. The van der Waals surface area contributed by atoms with Gasteiger partial charge in [-0.3, -0.25) is 9.35 Å². The Bertz CT molecular complexity index is 879. The van der Waals surface area contributed by atoms with Crippen molar-refractivity contribution < 1.29 is 28.0 Å². The summed E-state index contributed by atoms with van der Waals surface area (Å²) in [5.74, 6) is 1.72. The van der Waals surface area contributed by atoms with Crippen LogP contribution in [0.15, 0.2) is 0 Å². The number of aliphatic hydroxyl groups excluding tert-OH is 2. The molecule has 0 aliphatic heterocycles. The van der Waals surface area contributed by atoms with Crippen LogP contribution in [0, 0.1) is 46.3 Å². The first kappa shape index (κ1) is 27.3. The first-order valence-electron chi connectivity index (χ1n) is 14.0. The molecule has 35 heavy (non-hydrogen) atoms. The molecule has 0 aromatic carbocycles. The van der Waals surface area contributed by atoms with E-state index in [1.807, 2.05) is 0 Å². The molecule has 8 heteroatoms. The number of carbonyl (C=O) groups excluding carboxylic acids is 1. The molecule has 1 amide bonds. The minimum absolute atomic E-state index is 0.102. The lowest BCUT2D eigenvalue weighted by atomic mass is 9.43. The van der Waals surface area contributed by atoms with Gasteiger partial charge >= 0.3 is 0 Å². The zero-order chi connectivity index (χ0) is 25.6. The number of nitrogens with one attached hydrogen (secondary N) is 1. The van der Waals surface area contributed by atoms with Gasteiger partial charge in [0.15, 0.2) is 0 Å². The molecular formula is C27H47NO6S. The molecule has 4 fully saturated rings. The lowest BCUT2D eigenvalue weighted by Crippen LogP contribution is -2.61. The van der Waals surface area contributed by atoms with E-state index in [9.17, 15) is 23.4 Å². The SMILES string of the molecule is C[C@H](CCC(=O)NCCCS(=O)(=O)O)[C@H]1CC[C@H]2[C@@H]3[C@H](O)C[C@@H]4CCCC[C@]4(C)[C@H]3C[C@H](O)[C@]12C. The van der Waals surface area contributed by atoms with Gasteiger partial charge in [0, 0.05) is 13.0 Å². The van der Waals surface area contributed by atoms with Crippen LogP contribution in [0.25, 0.3) is 0 Å². The molecule has 0 aromatic heterocycles. The Kier molecular flexibility index (Phi) is 7.98. The lowest BCUT2D eigenvalue weighted by Gasteiger charge is -2.63. The van der Waals surface area contributed by atoms with Gasteiger partial charge in [-0.1, -0.05) is 33.6 Å². The largest absolute Gasteiger partial charge is 0.393 e. The summed E-state index contributed by atoms with van der Waals surface area (Å²) in [6, 6.07) is 0. The van der Waals surface area contributed by atoms with Crippen LogP contribution >= 0.6 is 0 Å². The Morgan fingerprint density at radius 2 is 1.83 bits per heavy atom. The van der Waals surface area contributed by atoms with Gasteiger partial charge in [-0.05, 0) is 97.7 Å². The maximum atomic E-state index is 12.3. The van der Waals surface area contributed by atoms with Gasteiger partial charge in [-0.15, -0.1) is 0 Å². The second-order valence-electron chi connectivity index (χ2n) is 12.8. The van der Waals surface area contributed by atoms with Crippen LogP contribution in [0.3, 0.4) is 0 Å². The molecule has 4 N–H and O–H groups in total. The van der Waals surface area contributed by atoms with Crippen molar-refractivity contribution in [3.05, 3.63) is 0 Å². The minimum Gasteiger partial charge on any atom is -0.393 e. The van der Waals surface area contributed by atoms with E-state index in [1.54, 1.807) is 0 Å². The summed E-state index contributed by atoms with van der Waals surface area (Å²) in [6.45, 7) is 7.12. The van der Waals surface area contributed by atoms with Crippen molar-refractivity contribution in [3.8, 4) is 0 Å². The number of hydrogen-bond donors (Lipinski definition) is 4. The third-order valence-corrected chi connectivity index (χ3v) is 12.0. The molecule has 4 rings (SSSR count). The van der Waals surface area contributed by atoms with Crippen LogP contribution in [0.1, 0.15) is 91.4 Å². The van der Waals surface area contributed by atoms with E-state index < -0.39 is 10.1 Å². The molecule has 4 aliphatic carbocycles. The normalized spacial score (nSPS) is 44.1. The zero-order valence-corrected chi connectivity index (χ0v) is 22.6. The van der Waals surface area contributed by atoms with Crippen molar-refractivity contribution in [2.24, 2.45) is 46.3 Å². The number of aliphatic hydroxyl groups is 2. The van der Waals surface area contributed by atoms with Crippen molar-refractivity contribution in [3.63, 3.8) is 0 Å². The Hall–Kier alpha value is -0.700. The molecule has 0 bridgehead atoms. The number of amides is 1. The van der Waals surface area contributed by atoms with E-state index in [2.05, 4.69) is 26.1 Å². The van der Waals surface area contributed by atoms with E-state index in [0.29, 0.717) is 30.1 Å². The van der Waals surface area contributed by atoms with Crippen LogP contribution < -0.4 is 5.32 Å². The zero-order valence-electron chi connectivity index (χ0n) is 21.8. The minimum atomic E-state index is -4.00. The number of hydrogen-bond acceptors (Lipinski definition) is 5. The third kappa shape index (κ3) is 5.19. The van der Waals surface area contributed by atoms with Gasteiger partial charge in [-0.25, -0.2) is 0 Å². The topological polar surface area (TPSA) is 124 Å². The van der Waals surface area contributed by atoms with E-state index >= 15 is 0 Å². The number of carbonyl (C=O) groups is 1. The predicted octanol–water partition coefficient (Wildman–Crippen LogP) is 3.79. The molecule has 0 unspecified atom stereocenters. The highest BCUT2D eigenvalue weighted by atomic mass is 32.2. The van der Waals surface area contributed by atoms with E-state index in [1.165, 1.54) is 25.7 Å². The van der Waals surface area contributed by atoms with Crippen molar-refractivity contribution in [2.45, 2.75) is 104 Å². The molecular weight excluding hydrogens is 466 g/mol. The Balaban J connectivity index is 1.39. The first-order chi connectivity index (χ1) is 16.4. The summed E-state index contributed by atoms with van der Waals surface area (Å²) in [6.07, 6.45) is 9.40. The maximum Gasteiger partial charge on any atom is 0.264 e. The Morgan fingerprint density at radius 3 is 2.54 bits per heavy atom. The van der Waals surface area contributed by atoms with E-state index in [0.717, 1.165) is 32.1 Å². The lowest BCUT2D eigenvalue weighted by molar-refractivity contribution is -0.201. The Labute approximate surface area is 211 Å². The van der Waals surface area contributed by atoms with Crippen molar-refractivity contribution >= 4 is 16.0 Å². The average Bonchev–Trinajstić information content (AvgIpc) is 3.14. The van der Waals surface area contributed by atoms with Gasteiger partial charge in [0.25, 0.3) is 10.1 Å². The fourth-order valence-corrected chi connectivity index (χ4v) is 9.83. The molecule has 4 aliphatic rings. The third-order valence-electron chi connectivity index (χ3n) is 11.2. The average molecular weight is 514 g/mol. The van der Waals surface area contributed by atoms with Gasteiger partial charge in [0.05, 0.1) is 18.0 Å². The van der Waals surface area contributed by atoms with E-state index in [-0.39, 0.29) is 59.5 Å². The van der Waals surface area contributed by atoms with Crippen LogP contribution in [0.5, 0.6) is 0 Å². The molecule has 0 heterocycles. The quantitative estimate of drug-likeness (QED) is 0.289. The smallest absolute Gasteiger partial charge is 0.264 e. The number of rotatable bonds is 8. The summed E-state index contributed by atoms with van der Waals surface area (Å²) >= 11 is 0. The summed E-state index contributed by atoms with van der Waals surface area (Å²) in [4.78, 5) is 12.3. The summed E-state index contributed by atoms with van der Waals surface area (Å²) in [5.41, 5.74) is 0.00694. The highest BCUT2D eigenvalue weighted by Gasteiger charge is 2.65. The van der Waals surface area contributed by atoms with Crippen molar-refractivity contribution in [2.75, 3.05) is 12.3 Å². The fourth-order valence-electron chi connectivity index (χ4n) is 9.32. The summed E-state index contributed by atoms with van der Waals surface area (Å²) < 4.78 is 30.4. The molecule has 7 nitrogen and oxygen atoms in total.